The molecule has 3 atom stereocenters. The third-order valence-electron chi connectivity index (χ3n) is 5.12. The SMILES string of the molecule is CN1C2CCC1CC(C(O)Cc1ccc(Cl)cc1F)C2. The highest BCUT2D eigenvalue weighted by Gasteiger charge is 2.40. The van der Waals surface area contributed by atoms with Gasteiger partial charge in [-0.05, 0) is 56.3 Å². The van der Waals surface area contributed by atoms with Gasteiger partial charge in [-0.1, -0.05) is 17.7 Å². The van der Waals surface area contributed by atoms with Crippen LogP contribution in [0, 0.1) is 11.7 Å². The van der Waals surface area contributed by atoms with E-state index >= 15 is 0 Å². The van der Waals surface area contributed by atoms with Gasteiger partial charge in [0, 0.05) is 23.5 Å². The molecule has 1 aromatic rings. The van der Waals surface area contributed by atoms with E-state index in [1.165, 1.54) is 18.9 Å². The minimum absolute atomic E-state index is 0.291. The predicted molar refractivity (Wildman–Crippen MR) is 78.4 cm³/mol. The summed E-state index contributed by atoms with van der Waals surface area (Å²) in [5.74, 6) is -0.0220. The lowest BCUT2D eigenvalue weighted by Crippen LogP contribution is -2.43. The molecule has 1 N–H and O–H groups in total. The molecule has 2 nitrogen and oxygen atoms in total. The van der Waals surface area contributed by atoms with Crippen LogP contribution in [0.25, 0.3) is 0 Å². The van der Waals surface area contributed by atoms with Gasteiger partial charge in [0.15, 0.2) is 0 Å². The van der Waals surface area contributed by atoms with Crippen molar-refractivity contribution in [3.05, 3.63) is 34.6 Å². The first-order valence-corrected chi connectivity index (χ1v) is 7.76. The number of hydrogen-bond donors (Lipinski definition) is 1. The van der Waals surface area contributed by atoms with Crippen LogP contribution in [-0.4, -0.2) is 35.2 Å². The summed E-state index contributed by atoms with van der Waals surface area (Å²) in [6, 6.07) is 5.89. The van der Waals surface area contributed by atoms with E-state index in [9.17, 15) is 9.50 Å². The average molecular weight is 298 g/mol. The van der Waals surface area contributed by atoms with E-state index in [1.807, 2.05) is 0 Å². The molecule has 0 amide bonds. The van der Waals surface area contributed by atoms with Crippen LogP contribution in [0.5, 0.6) is 0 Å². The number of hydrogen-bond acceptors (Lipinski definition) is 2. The van der Waals surface area contributed by atoms with Crippen LogP contribution in [0.4, 0.5) is 4.39 Å². The van der Waals surface area contributed by atoms with Gasteiger partial charge in [0.25, 0.3) is 0 Å². The van der Waals surface area contributed by atoms with Crippen LogP contribution < -0.4 is 0 Å². The van der Waals surface area contributed by atoms with Crippen molar-refractivity contribution in [3.8, 4) is 0 Å². The number of nitrogens with zero attached hydrogens (tertiary/aromatic N) is 1. The summed E-state index contributed by atoms with van der Waals surface area (Å²) < 4.78 is 13.8. The van der Waals surface area contributed by atoms with Gasteiger partial charge in [-0.3, -0.25) is 0 Å². The van der Waals surface area contributed by atoms with Crippen molar-refractivity contribution in [1.82, 2.24) is 4.90 Å². The zero-order chi connectivity index (χ0) is 14.3. The number of piperidine rings is 1. The van der Waals surface area contributed by atoms with Crippen molar-refractivity contribution in [2.24, 2.45) is 5.92 Å². The van der Waals surface area contributed by atoms with E-state index in [1.54, 1.807) is 12.1 Å². The molecule has 2 saturated heterocycles. The van der Waals surface area contributed by atoms with Crippen LogP contribution in [0.15, 0.2) is 18.2 Å². The lowest BCUT2D eigenvalue weighted by Gasteiger charge is -2.38. The van der Waals surface area contributed by atoms with Crippen molar-refractivity contribution < 1.29 is 9.50 Å². The van der Waals surface area contributed by atoms with Gasteiger partial charge in [0.1, 0.15) is 5.82 Å². The number of aliphatic hydroxyl groups is 1. The smallest absolute Gasteiger partial charge is 0.127 e. The summed E-state index contributed by atoms with van der Waals surface area (Å²) in [5.41, 5.74) is 0.563. The molecule has 2 bridgehead atoms. The first-order chi connectivity index (χ1) is 9.54. The molecule has 0 radical (unpaired) electrons. The molecule has 2 aliphatic heterocycles. The molecule has 20 heavy (non-hydrogen) atoms. The van der Waals surface area contributed by atoms with E-state index in [2.05, 4.69) is 11.9 Å². The molecule has 2 fully saturated rings. The molecule has 0 spiro atoms. The van der Waals surface area contributed by atoms with Crippen LogP contribution >= 0.6 is 11.6 Å². The number of fused-ring (bicyclic) bond motifs is 2. The van der Waals surface area contributed by atoms with Crippen molar-refractivity contribution in [2.45, 2.75) is 50.3 Å². The second kappa shape index (κ2) is 5.63. The Balaban J connectivity index is 1.66. The first-order valence-electron chi connectivity index (χ1n) is 7.38. The number of halogens is 2. The van der Waals surface area contributed by atoms with E-state index in [-0.39, 0.29) is 5.82 Å². The lowest BCUT2D eigenvalue weighted by molar-refractivity contribution is 0.0363. The summed E-state index contributed by atoms with van der Waals surface area (Å²) in [6.07, 6.45) is 4.46. The van der Waals surface area contributed by atoms with E-state index < -0.39 is 6.10 Å². The third-order valence-corrected chi connectivity index (χ3v) is 5.36. The molecule has 2 aliphatic rings. The molecule has 1 aromatic carbocycles. The number of aliphatic hydroxyl groups excluding tert-OH is 1. The molecule has 110 valence electrons. The fourth-order valence-electron chi connectivity index (χ4n) is 3.85. The minimum atomic E-state index is -0.456. The largest absolute Gasteiger partial charge is 0.392 e. The molecule has 3 rings (SSSR count). The molecule has 4 heteroatoms. The van der Waals surface area contributed by atoms with E-state index in [4.69, 9.17) is 11.6 Å². The third kappa shape index (κ3) is 2.72. The molecule has 3 unspecified atom stereocenters. The Kier molecular flexibility index (Phi) is 4.02. The fraction of sp³-hybridized carbons (Fsp3) is 0.625. The van der Waals surface area contributed by atoms with Gasteiger partial charge < -0.3 is 10.0 Å². The maximum Gasteiger partial charge on any atom is 0.127 e. The summed E-state index contributed by atoms with van der Waals surface area (Å²) in [5, 5.41) is 10.9. The van der Waals surface area contributed by atoms with Crippen molar-refractivity contribution in [3.63, 3.8) is 0 Å². The van der Waals surface area contributed by atoms with Crippen LogP contribution in [0.2, 0.25) is 5.02 Å². The molecular formula is C16H21ClFNO. The summed E-state index contributed by atoms with van der Waals surface area (Å²) in [6.45, 7) is 0. The molecule has 0 aromatic heterocycles. The number of rotatable bonds is 3. The van der Waals surface area contributed by atoms with Gasteiger partial charge in [-0.15, -0.1) is 0 Å². The Labute approximate surface area is 124 Å². The second-order valence-corrected chi connectivity index (χ2v) is 6.73. The minimum Gasteiger partial charge on any atom is -0.392 e. The van der Waals surface area contributed by atoms with Crippen molar-refractivity contribution >= 4 is 11.6 Å². The fourth-order valence-corrected chi connectivity index (χ4v) is 4.01. The predicted octanol–water partition coefficient (Wildman–Crippen LogP) is 3.26. The van der Waals surface area contributed by atoms with Crippen molar-refractivity contribution in [1.29, 1.82) is 0 Å². The highest BCUT2D eigenvalue weighted by Crippen LogP contribution is 2.39. The van der Waals surface area contributed by atoms with Crippen LogP contribution in [-0.2, 0) is 6.42 Å². The summed E-state index contributed by atoms with van der Waals surface area (Å²) in [7, 11) is 2.18. The quantitative estimate of drug-likeness (QED) is 0.926. The lowest BCUT2D eigenvalue weighted by atomic mass is 9.84. The average Bonchev–Trinajstić information content (AvgIpc) is 2.64. The van der Waals surface area contributed by atoms with Gasteiger partial charge in [0.05, 0.1) is 6.10 Å². The molecular weight excluding hydrogens is 277 g/mol. The van der Waals surface area contributed by atoms with Crippen LogP contribution in [0.1, 0.15) is 31.2 Å². The van der Waals surface area contributed by atoms with Gasteiger partial charge in [0.2, 0.25) is 0 Å². The Bertz CT molecular complexity index is 481. The normalized spacial score (nSPS) is 31.5. The highest BCUT2D eigenvalue weighted by molar-refractivity contribution is 6.30. The Morgan fingerprint density at radius 2 is 2.00 bits per heavy atom. The second-order valence-electron chi connectivity index (χ2n) is 6.29. The standard InChI is InChI=1S/C16H21ClFNO/c1-19-13-4-5-14(19)7-11(6-13)16(20)8-10-2-3-12(17)9-15(10)18/h2-3,9,11,13-14,16,20H,4-8H2,1H3. The zero-order valence-electron chi connectivity index (χ0n) is 11.7. The Morgan fingerprint density at radius 3 is 2.60 bits per heavy atom. The monoisotopic (exact) mass is 297 g/mol. The van der Waals surface area contributed by atoms with E-state index in [0.717, 1.165) is 12.8 Å². The van der Waals surface area contributed by atoms with Gasteiger partial charge >= 0.3 is 0 Å². The van der Waals surface area contributed by atoms with E-state index in [0.29, 0.717) is 35.0 Å². The molecule has 0 aliphatic carbocycles. The van der Waals surface area contributed by atoms with Crippen LogP contribution in [0.3, 0.4) is 0 Å². The zero-order valence-corrected chi connectivity index (χ0v) is 12.5. The van der Waals surface area contributed by atoms with Crippen molar-refractivity contribution in [2.75, 3.05) is 7.05 Å². The molecule has 2 heterocycles. The maximum absolute atomic E-state index is 13.8. The maximum atomic E-state index is 13.8. The molecule has 0 saturated carbocycles. The Hall–Kier alpha value is -0.640. The number of benzene rings is 1. The summed E-state index contributed by atoms with van der Waals surface area (Å²) in [4.78, 5) is 2.45. The topological polar surface area (TPSA) is 23.5 Å². The van der Waals surface area contributed by atoms with Gasteiger partial charge in [-0.25, -0.2) is 4.39 Å². The first kappa shape index (κ1) is 14.3. The summed E-state index contributed by atoms with van der Waals surface area (Å²) >= 11 is 5.76. The highest BCUT2D eigenvalue weighted by atomic mass is 35.5. The Morgan fingerprint density at radius 1 is 1.35 bits per heavy atom. The van der Waals surface area contributed by atoms with Gasteiger partial charge in [-0.2, -0.15) is 0 Å².